The molecule has 0 bridgehead atoms. The van der Waals surface area contributed by atoms with Crippen LogP contribution in [0.5, 0.6) is 0 Å². The Bertz CT molecular complexity index is 628. The van der Waals surface area contributed by atoms with E-state index in [2.05, 4.69) is 49.9 Å². The Kier molecular flexibility index (Phi) is 4.79. The molecule has 1 aliphatic rings. The summed E-state index contributed by atoms with van der Waals surface area (Å²) in [5, 5.41) is 3.52. The molecule has 0 amide bonds. The highest BCUT2D eigenvalue weighted by Gasteiger charge is 2.22. The fourth-order valence-electron chi connectivity index (χ4n) is 2.65. The van der Waals surface area contributed by atoms with Crippen molar-refractivity contribution >= 4 is 49.9 Å². The molecule has 1 atom stereocenters. The van der Waals surface area contributed by atoms with Crippen molar-refractivity contribution in [3.05, 3.63) is 53.4 Å². The number of halogens is 3. The van der Waals surface area contributed by atoms with E-state index < -0.39 is 0 Å². The van der Waals surface area contributed by atoms with Gasteiger partial charge >= 0.3 is 0 Å². The lowest BCUT2D eigenvalue weighted by atomic mass is 9.94. The molecule has 106 valence electrons. The number of nitrogens with one attached hydrogen (secondary N) is 1. The smallest absolute Gasteiger partial charge is 0.127 e. The second kappa shape index (κ2) is 6.42. The maximum atomic E-state index is 13.8. The second-order valence-electron chi connectivity index (χ2n) is 4.99. The minimum absolute atomic E-state index is 0.142. The van der Waals surface area contributed by atoms with Gasteiger partial charge < -0.3 is 5.32 Å². The molecule has 1 unspecified atom stereocenters. The van der Waals surface area contributed by atoms with Gasteiger partial charge in [0.05, 0.1) is 2.88 Å². The molecule has 5 heteroatoms. The summed E-state index contributed by atoms with van der Waals surface area (Å²) in [6.07, 6.45) is 3.53. The monoisotopic (exact) mass is 465 g/mol. The summed E-state index contributed by atoms with van der Waals surface area (Å²) in [6, 6.07) is 7.73. The average Bonchev–Trinajstić information content (AvgIpc) is 2.80. The van der Waals surface area contributed by atoms with Crippen molar-refractivity contribution < 1.29 is 4.39 Å². The fraction of sp³-hybridized carbons (Fsp3) is 0.333. The Morgan fingerprint density at radius 1 is 1.40 bits per heavy atom. The van der Waals surface area contributed by atoms with Crippen LogP contribution >= 0.6 is 49.9 Å². The zero-order valence-corrected chi connectivity index (χ0v) is 15.3. The molecule has 1 aromatic carbocycles. The number of fused-ring (bicyclic) bond motifs is 1. The third kappa shape index (κ3) is 3.26. The van der Waals surface area contributed by atoms with Gasteiger partial charge in [-0.05, 0) is 71.7 Å². The summed E-state index contributed by atoms with van der Waals surface area (Å²) < 4.78 is 16.0. The molecule has 2 aromatic rings. The number of thiophene rings is 1. The molecule has 0 saturated heterocycles. The molecule has 0 radical (unpaired) electrons. The third-order valence-electron chi connectivity index (χ3n) is 3.63. The standard InChI is InChI=1S/C15H14BrFINS/c16-10-4-5-12(17)9(6-10)8-19-13-2-1-3-14-11(13)7-15(18)20-14/h4-7,13,19H,1-3,8H2. The van der Waals surface area contributed by atoms with Crippen molar-refractivity contribution in [2.45, 2.75) is 31.8 Å². The summed E-state index contributed by atoms with van der Waals surface area (Å²) in [5.41, 5.74) is 2.14. The first kappa shape index (κ1) is 14.9. The van der Waals surface area contributed by atoms with Crippen LogP contribution in [0.1, 0.15) is 34.9 Å². The third-order valence-corrected chi connectivity index (χ3v) is 6.09. The molecule has 1 N–H and O–H groups in total. The molecule has 1 aliphatic carbocycles. The predicted octanol–water partition coefficient (Wildman–Crippen LogP) is 5.42. The Morgan fingerprint density at radius 2 is 2.25 bits per heavy atom. The average molecular weight is 466 g/mol. The summed E-state index contributed by atoms with van der Waals surface area (Å²) in [7, 11) is 0. The van der Waals surface area contributed by atoms with Gasteiger partial charge in [-0.15, -0.1) is 11.3 Å². The van der Waals surface area contributed by atoms with E-state index in [1.807, 2.05) is 17.4 Å². The van der Waals surface area contributed by atoms with Gasteiger partial charge in [0, 0.05) is 27.5 Å². The number of aryl methyl sites for hydroxylation is 1. The van der Waals surface area contributed by atoms with Crippen molar-refractivity contribution in [2.24, 2.45) is 0 Å². The Morgan fingerprint density at radius 3 is 3.10 bits per heavy atom. The zero-order chi connectivity index (χ0) is 14.1. The number of hydrogen-bond donors (Lipinski definition) is 1. The summed E-state index contributed by atoms with van der Waals surface area (Å²) >= 11 is 7.67. The molecule has 0 saturated carbocycles. The van der Waals surface area contributed by atoms with Crippen molar-refractivity contribution in [3.63, 3.8) is 0 Å². The lowest BCUT2D eigenvalue weighted by Crippen LogP contribution is -2.24. The van der Waals surface area contributed by atoms with Gasteiger partial charge in [0.15, 0.2) is 0 Å². The topological polar surface area (TPSA) is 12.0 Å². The lowest BCUT2D eigenvalue weighted by molar-refractivity contribution is 0.456. The predicted molar refractivity (Wildman–Crippen MR) is 93.7 cm³/mol. The molecular formula is C15H14BrFINS. The van der Waals surface area contributed by atoms with E-state index in [1.54, 1.807) is 6.07 Å². The highest BCUT2D eigenvalue weighted by Crippen LogP contribution is 2.36. The van der Waals surface area contributed by atoms with E-state index in [-0.39, 0.29) is 5.82 Å². The summed E-state index contributed by atoms with van der Waals surface area (Å²) in [4.78, 5) is 1.49. The van der Waals surface area contributed by atoms with Gasteiger partial charge in [-0.25, -0.2) is 4.39 Å². The highest BCUT2D eigenvalue weighted by atomic mass is 127. The van der Waals surface area contributed by atoms with Crippen molar-refractivity contribution in [1.82, 2.24) is 5.32 Å². The highest BCUT2D eigenvalue weighted by molar-refractivity contribution is 14.1. The molecule has 1 aromatic heterocycles. The van der Waals surface area contributed by atoms with Crippen LogP contribution in [0.25, 0.3) is 0 Å². The van der Waals surface area contributed by atoms with Crippen LogP contribution < -0.4 is 5.32 Å². The Balaban J connectivity index is 1.74. The minimum Gasteiger partial charge on any atom is -0.306 e. The summed E-state index contributed by atoms with van der Waals surface area (Å²) in [6.45, 7) is 0.571. The first-order valence-electron chi connectivity index (χ1n) is 6.59. The van der Waals surface area contributed by atoms with Crippen LogP contribution in [-0.2, 0) is 13.0 Å². The molecular weight excluding hydrogens is 452 g/mol. The maximum absolute atomic E-state index is 13.8. The van der Waals surface area contributed by atoms with Gasteiger partial charge in [-0.3, -0.25) is 0 Å². The van der Waals surface area contributed by atoms with Gasteiger partial charge in [0.25, 0.3) is 0 Å². The van der Waals surface area contributed by atoms with Crippen molar-refractivity contribution in [2.75, 3.05) is 0 Å². The molecule has 20 heavy (non-hydrogen) atoms. The van der Waals surface area contributed by atoms with E-state index in [0.717, 1.165) is 16.5 Å². The normalized spacial score (nSPS) is 18.1. The SMILES string of the molecule is Fc1ccc(Br)cc1CNC1CCCc2sc(I)cc21. The van der Waals surface area contributed by atoms with E-state index in [0.29, 0.717) is 12.6 Å². The van der Waals surface area contributed by atoms with Crippen molar-refractivity contribution in [1.29, 1.82) is 0 Å². The van der Waals surface area contributed by atoms with Gasteiger partial charge in [0.1, 0.15) is 5.82 Å². The molecule has 3 rings (SSSR count). The van der Waals surface area contributed by atoms with Crippen LogP contribution in [0.15, 0.2) is 28.7 Å². The van der Waals surface area contributed by atoms with Gasteiger partial charge in [-0.2, -0.15) is 0 Å². The van der Waals surface area contributed by atoms with Crippen LogP contribution in [0.2, 0.25) is 0 Å². The quantitative estimate of drug-likeness (QED) is 0.596. The largest absolute Gasteiger partial charge is 0.306 e. The Labute approximate surface area is 144 Å². The molecule has 0 fully saturated rings. The second-order valence-corrected chi connectivity index (χ2v) is 8.94. The Hall–Kier alpha value is 0.0200. The minimum atomic E-state index is -0.142. The molecule has 0 aliphatic heterocycles. The van der Waals surface area contributed by atoms with Gasteiger partial charge in [-0.1, -0.05) is 15.9 Å². The van der Waals surface area contributed by atoms with Crippen LogP contribution in [0, 0.1) is 8.70 Å². The van der Waals surface area contributed by atoms with E-state index in [4.69, 9.17) is 0 Å². The maximum Gasteiger partial charge on any atom is 0.127 e. The summed E-state index contributed by atoms with van der Waals surface area (Å²) in [5.74, 6) is -0.142. The number of benzene rings is 1. The molecule has 0 spiro atoms. The number of hydrogen-bond acceptors (Lipinski definition) is 2. The first-order valence-corrected chi connectivity index (χ1v) is 9.28. The van der Waals surface area contributed by atoms with Crippen LogP contribution in [-0.4, -0.2) is 0 Å². The first-order chi connectivity index (χ1) is 9.63. The van der Waals surface area contributed by atoms with E-state index in [1.165, 1.54) is 32.2 Å². The fourth-order valence-corrected chi connectivity index (χ4v) is 5.17. The molecule has 1 nitrogen and oxygen atoms in total. The molecule has 1 heterocycles. The van der Waals surface area contributed by atoms with Crippen LogP contribution in [0.3, 0.4) is 0 Å². The van der Waals surface area contributed by atoms with E-state index >= 15 is 0 Å². The zero-order valence-electron chi connectivity index (χ0n) is 10.8. The number of rotatable bonds is 3. The van der Waals surface area contributed by atoms with Crippen LogP contribution in [0.4, 0.5) is 4.39 Å². The van der Waals surface area contributed by atoms with Gasteiger partial charge in [0.2, 0.25) is 0 Å². The van der Waals surface area contributed by atoms with Crippen molar-refractivity contribution in [3.8, 4) is 0 Å². The van der Waals surface area contributed by atoms with E-state index in [9.17, 15) is 4.39 Å². The lowest BCUT2D eigenvalue weighted by Gasteiger charge is -2.24.